The number of hydrogen-bond acceptors (Lipinski definition) is 0. The van der Waals surface area contributed by atoms with Crippen molar-refractivity contribution < 1.29 is 4.58 Å². The minimum atomic E-state index is 0.821. The van der Waals surface area contributed by atoms with Crippen molar-refractivity contribution in [3.8, 4) is 0 Å². The molecule has 0 aromatic heterocycles. The van der Waals surface area contributed by atoms with E-state index in [1.165, 1.54) is 18.7 Å². The van der Waals surface area contributed by atoms with Gasteiger partial charge in [-0.3, -0.25) is 0 Å². The Morgan fingerprint density at radius 2 is 1.80 bits per heavy atom. The molecule has 0 aromatic rings. The molecule has 1 nitrogen and oxygen atoms in total. The fourth-order valence-electron chi connectivity index (χ4n) is 0.675. The molecule has 0 radical (unpaired) electrons. The lowest BCUT2D eigenvalue weighted by molar-refractivity contribution is -0.499. The number of hydrogen-bond donors (Lipinski definition) is 0. The molecular formula is C9H20N+. The molecule has 0 aliphatic carbocycles. The summed E-state index contributed by atoms with van der Waals surface area (Å²) in [6, 6.07) is 0. The van der Waals surface area contributed by atoms with Crippen LogP contribution in [0.4, 0.5) is 0 Å². The highest BCUT2D eigenvalue weighted by Gasteiger charge is 2.00. The molecule has 0 bridgehead atoms. The summed E-state index contributed by atoms with van der Waals surface area (Å²) in [7, 11) is 2.15. The van der Waals surface area contributed by atoms with Crippen LogP contribution < -0.4 is 0 Å². The lowest BCUT2D eigenvalue weighted by Crippen LogP contribution is -2.14. The van der Waals surface area contributed by atoms with E-state index in [0.29, 0.717) is 0 Å². The highest BCUT2D eigenvalue weighted by Crippen LogP contribution is 1.97. The van der Waals surface area contributed by atoms with E-state index in [0.717, 1.165) is 5.92 Å². The molecule has 0 heterocycles. The zero-order chi connectivity index (χ0) is 8.15. The number of nitrogens with zero attached hydrogens (tertiary/aromatic N) is 1. The van der Waals surface area contributed by atoms with Gasteiger partial charge in [0.05, 0.1) is 0 Å². The van der Waals surface area contributed by atoms with E-state index in [1.54, 1.807) is 0 Å². The average molecular weight is 142 g/mol. The van der Waals surface area contributed by atoms with Crippen LogP contribution in [0, 0.1) is 5.92 Å². The lowest BCUT2D eigenvalue weighted by Gasteiger charge is -2.01. The molecule has 1 heteroatoms. The van der Waals surface area contributed by atoms with E-state index in [2.05, 4.69) is 39.3 Å². The van der Waals surface area contributed by atoms with Crippen LogP contribution in [0.1, 0.15) is 34.1 Å². The zero-order valence-electron chi connectivity index (χ0n) is 7.94. The van der Waals surface area contributed by atoms with Gasteiger partial charge in [-0.05, 0) is 5.92 Å². The zero-order valence-corrected chi connectivity index (χ0v) is 7.94. The van der Waals surface area contributed by atoms with Gasteiger partial charge in [-0.1, -0.05) is 13.8 Å². The molecule has 0 aliphatic heterocycles. The molecule has 0 saturated heterocycles. The van der Waals surface area contributed by atoms with E-state index in [-0.39, 0.29) is 0 Å². The van der Waals surface area contributed by atoms with Crippen LogP contribution in [-0.4, -0.2) is 23.9 Å². The summed E-state index contributed by atoms with van der Waals surface area (Å²) >= 11 is 0. The van der Waals surface area contributed by atoms with E-state index in [9.17, 15) is 0 Å². The molecule has 0 spiro atoms. The topological polar surface area (TPSA) is 3.01 Å². The highest BCUT2D eigenvalue weighted by atomic mass is 15.0. The first-order valence-corrected chi connectivity index (χ1v) is 4.05. The largest absolute Gasteiger partial charge is 0.240 e. The molecule has 0 rings (SSSR count). The Kier molecular flexibility index (Phi) is 4.33. The van der Waals surface area contributed by atoms with Gasteiger partial charge >= 0.3 is 0 Å². The third kappa shape index (κ3) is 4.54. The van der Waals surface area contributed by atoms with Crippen molar-refractivity contribution in [2.45, 2.75) is 34.1 Å². The summed E-state index contributed by atoms with van der Waals surface area (Å²) in [6.45, 7) is 10.0. The molecule has 0 aliphatic rings. The van der Waals surface area contributed by atoms with Crippen molar-refractivity contribution in [3.05, 3.63) is 0 Å². The first-order chi connectivity index (χ1) is 4.54. The van der Waals surface area contributed by atoms with Crippen LogP contribution in [0.5, 0.6) is 0 Å². The highest BCUT2D eigenvalue weighted by molar-refractivity contribution is 5.73. The standard InChI is InChI=1S/C9H20N/c1-8(2)6-7-10(5)9(3)4/h8H,6-7H2,1-5H3/q+1. The summed E-state index contributed by atoms with van der Waals surface area (Å²) in [5.41, 5.74) is 1.40. The molecule has 0 fully saturated rings. The smallest absolute Gasteiger partial charge is 0.145 e. The van der Waals surface area contributed by atoms with E-state index in [1.807, 2.05) is 0 Å². The summed E-state index contributed by atoms with van der Waals surface area (Å²) in [5.74, 6) is 0.821. The second-order valence-electron chi connectivity index (χ2n) is 3.55. The molecule has 0 atom stereocenters. The maximum Gasteiger partial charge on any atom is 0.145 e. The first kappa shape index (κ1) is 9.67. The Morgan fingerprint density at radius 3 is 2.10 bits per heavy atom. The Labute approximate surface area is 64.8 Å². The van der Waals surface area contributed by atoms with Crippen LogP contribution in [-0.2, 0) is 0 Å². The first-order valence-electron chi connectivity index (χ1n) is 4.05. The Hall–Kier alpha value is -0.330. The molecule has 0 amide bonds. The van der Waals surface area contributed by atoms with Crippen molar-refractivity contribution in [1.82, 2.24) is 0 Å². The van der Waals surface area contributed by atoms with E-state index < -0.39 is 0 Å². The summed E-state index contributed by atoms with van der Waals surface area (Å²) in [5, 5.41) is 0. The normalized spacial score (nSPS) is 10.2. The van der Waals surface area contributed by atoms with Crippen molar-refractivity contribution in [3.63, 3.8) is 0 Å². The minimum absolute atomic E-state index is 0.821. The summed E-state index contributed by atoms with van der Waals surface area (Å²) in [4.78, 5) is 0. The van der Waals surface area contributed by atoms with Crippen LogP contribution in [0.2, 0.25) is 0 Å². The molecule has 0 N–H and O–H groups in total. The van der Waals surface area contributed by atoms with Crippen molar-refractivity contribution >= 4 is 5.71 Å². The van der Waals surface area contributed by atoms with E-state index in [4.69, 9.17) is 0 Å². The Bertz CT molecular complexity index is 119. The lowest BCUT2D eigenvalue weighted by atomic mass is 10.1. The SMILES string of the molecule is CC(C)=[N+](C)CCC(C)C. The molecule has 10 heavy (non-hydrogen) atoms. The van der Waals surface area contributed by atoms with Gasteiger partial charge in [0.2, 0.25) is 0 Å². The van der Waals surface area contributed by atoms with Gasteiger partial charge in [0, 0.05) is 20.3 Å². The summed E-state index contributed by atoms with van der Waals surface area (Å²) in [6.07, 6.45) is 1.29. The second-order valence-corrected chi connectivity index (χ2v) is 3.55. The van der Waals surface area contributed by atoms with Gasteiger partial charge in [-0.2, -0.15) is 0 Å². The van der Waals surface area contributed by atoms with Crippen LogP contribution in [0.3, 0.4) is 0 Å². The number of rotatable bonds is 3. The van der Waals surface area contributed by atoms with Gasteiger partial charge in [0.1, 0.15) is 19.3 Å². The van der Waals surface area contributed by atoms with Crippen LogP contribution >= 0.6 is 0 Å². The molecule has 0 aromatic carbocycles. The van der Waals surface area contributed by atoms with Gasteiger partial charge < -0.3 is 0 Å². The molecule has 0 unspecified atom stereocenters. The molecular weight excluding hydrogens is 122 g/mol. The fourth-order valence-corrected chi connectivity index (χ4v) is 0.675. The van der Waals surface area contributed by atoms with Gasteiger partial charge in [0.15, 0.2) is 0 Å². The maximum atomic E-state index is 2.31. The van der Waals surface area contributed by atoms with Gasteiger partial charge in [0.25, 0.3) is 0 Å². The van der Waals surface area contributed by atoms with E-state index >= 15 is 0 Å². The Morgan fingerprint density at radius 1 is 1.30 bits per heavy atom. The average Bonchev–Trinajstić information content (AvgIpc) is 1.82. The van der Waals surface area contributed by atoms with Crippen molar-refractivity contribution in [2.24, 2.45) is 5.92 Å². The minimum Gasteiger partial charge on any atom is -0.240 e. The predicted octanol–water partition coefficient (Wildman–Crippen LogP) is 2.16. The third-order valence-electron chi connectivity index (χ3n) is 1.81. The third-order valence-corrected chi connectivity index (χ3v) is 1.81. The predicted molar refractivity (Wildman–Crippen MR) is 46.9 cm³/mol. The fraction of sp³-hybridized carbons (Fsp3) is 0.889. The van der Waals surface area contributed by atoms with Crippen LogP contribution in [0.25, 0.3) is 0 Å². The van der Waals surface area contributed by atoms with Gasteiger partial charge in [-0.15, -0.1) is 0 Å². The summed E-state index contributed by atoms with van der Waals surface area (Å²) < 4.78 is 2.31. The monoisotopic (exact) mass is 142 g/mol. The molecule has 60 valence electrons. The second kappa shape index (κ2) is 4.48. The van der Waals surface area contributed by atoms with Crippen molar-refractivity contribution in [1.29, 1.82) is 0 Å². The van der Waals surface area contributed by atoms with Crippen molar-refractivity contribution in [2.75, 3.05) is 13.6 Å². The maximum absolute atomic E-state index is 2.31. The quantitative estimate of drug-likeness (QED) is 0.419. The van der Waals surface area contributed by atoms with Crippen LogP contribution in [0.15, 0.2) is 0 Å². The molecule has 0 saturated carbocycles. The van der Waals surface area contributed by atoms with Gasteiger partial charge in [-0.25, -0.2) is 4.58 Å². The Balaban J connectivity index is 3.60.